The molecule has 1 aromatic carbocycles. The van der Waals surface area contributed by atoms with E-state index in [0.29, 0.717) is 17.3 Å². The van der Waals surface area contributed by atoms with Crippen molar-refractivity contribution in [2.75, 3.05) is 13.1 Å². The minimum atomic E-state index is -0.325. The Hall–Kier alpha value is -0.600. The molecule has 118 valence electrons. The Bertz CT molecular complexity index is 472. The molecule has 1 aromatic rings. The second-order valence-electron chi connectivity index (χ2n) is 7.19. The van der Waals surface area contributed by atoms with Crippen LogP contribution in [0.5, 0.6) is 0 Å². The highest BCUT2D eigenvalue weighted by Gasteiger charge is 2.34. The largest absolute Gasteiger partial charge is 0.317 e. The summed E-state index contributed by atoms with van der Waals surface area (Å²) in [6, 6.07) is 5.17. The molecule has 1 N–H and O–H groups in total. The van der Waals surface area contributed by atoms with Crippen molar-refractivity contribution in [3.63, 3.8) is 0 Å². The van der Waals surface area contributed by atoms with Crippen LogP contribution < -0.4 is 5.32 Å². The minimum absolute atomic E-state index is 0.241. The van der Waals surface area contributed by atoms with Gasteiger partial charge in [-0.2, -0.15) is 0 Å². The van der Waals surface area contributed by atoms with Crippen molar-refractivity contribution in [1.29, 1.82) is 0 Å². The number of hydrogen-bond acceptors (Lipinski definition) is 1. The van der Waals surface area contributed by atoms with E-state index in [-0.39, 0.29) is 10.8 Å². The fraction of sp³-hybridized carbons (Fsp3) is 0.667. The molecule has 2 atom stereocenters. The third-order valence-corrected chi connectivity index (χ3v) is 5.10. The molecule has 0 spiro atoms. The Labute approximate surface area is 133 Å². The van der Waals surface area contributed by atoms with Crippen molar-refractivity contribution in [3.05, 3.63) is 34.6 Å². The van der Waals surface area contributed by atoms with Gasteiger partial charge in [0.1, 0.15) is 5.82 Å². The molecule has 0 heterocycles. The molecule has 0 bridgehead atoms. The van der Waals surface area contributed by atoms with Crippen LogP contribution in [0, 0.1) is 23.1 Å². The Kier molecular flexibility index (Phi) is 5.67. The predicted octanol–water partition coefficient (Wildman–Crippen LogP) is 5.07. The summed E-state index contributed by atoms with van der Waals surface area (Å²) in [5.41, 5.74) is 1.57. The van der Waals surface area contributed by atoms with Crippen LogP contribution in [0.1, 0.15) is 45.6 Å². The van der Waals surface area contributed by atoms with Crippen molar-refractivity contribution >= 4 is 11.6 Å². The lowest BCUT2D eigenvalue weighted by Crippen LogP contribution is -2.37. The van der Waals surface area contributed by atoms with Gasteiger partial charge in [-0.25, -0.2) is 4.39 Å². The molecule has 1 saturated carbocycles. The number of rotatable bonds is 5. The molecule has 1 fully saturated rings. The second-order valence-corrected chi connectivity index (χ2v) is 7.59. The topological polar surface area (TPSA) is 12.0 Å². The molecule has 2 rings (SSSR count). The van der Waals surface area contributed by atoms with Crippen molar-refractivity contribution in [1.82, 2.24) is 5.32 Å². The monoisotopic (exact) mass is 311 g/mol. The summed E-state index contributed by atoms with van der Waals surface area (Å²) in [5.74, 6) is 1.03. The highest BCUT2D eigenvalue weighted by molar-refractivity contribution is 6.30. The molecule has 3 heteroatoms. The van der Waals surface area contributed by atoms with Gasteiger partial charge in [-0.1, -0.05) is 38.4 Å². The summed E-state index contributed by atoms with van der Waals surface area (Å²) in [4.78, 5) is 0. The molecule has 1 aliphatic rings. The molecular weight excluding hydrogens is 285 g/mol. The van der Waals surface area contributed by atoms with Crippen molar-refractivity contribution in [2.45, 2.75) is 46.5 Å². The maximum Gasteiger partial charge on any atom is 0.141 e. The van der Waals surface area contributed by atoms with Gasteiger partial charge in [-0.15, -0.1) is 0 Å². The van der Waals surface area contributed by atoms with Crippen LogP contribution in [0.4, 0.5) is 4.39 Å². The summed E-state index contributed by atoms with van der Waals surface area (Å²) in [6.07, 6.45) is 4.81. The summed E-state index contributed by atoms with van der Waals surface area (Å²) in [7, 11) is 0. The summed E-state index contributed by atoms with van der Waals surface area (Å²) < 4.78 is 13.3. The third-order valence-electron chi connectivity index (χ3n) is 4.81. The van der Waals surface area contributed by atoms with E-state index in [1.165, 1.54) is 25.3 Å². The first-order chi connectivity index (χ1) is 9.91. The van der Waals surface area contributed by atoms with Crippen LogP contribution in [-0.2, 0) is 6.42 Å². The number of hydrogen-bond donors (Lipinski definition) is 1. The molecule has 0 radical (unpaired) electrons. The Morgan fingerprint density at radius 3 is 2.76 bits per heavy atom. The zero-order valence-electron chi connectivity index (χ0n) is 13.4. The lowest BCUT2D eigenvalue weighted by molar-refractivity contribution is 0.116. The molecule has 1 aliphatic carbocycles. The van der Waals surface area contributed by atoms with Crippen LogP contribution in [-0.4, -0.2) is 13.1 Å². The van der Waals surface area contributed by atoms with Crippen LogP contribution in [0.15, 0.2) is 18.2 Å². The van der Waals surface area contributed by atoms with Gasteiger partial charge in [0.05, 0.1) is 5.02 Å². The molecule has 0 aliphatic heterocycles. The normalized spacial score (nSPS) is 25.0. The molecule has 0 amide bonds. The lowest BCUT2D eigenvalue weighted by Gasteiger charge is -2.41. The first-order valence-electron chi connectivity index (χ1n) is 8.06. The average Bonchev–Trinajstić information content (AvgIpc) is 2.41. The highest BCUT2D eigenvalue weighted by Crippen LogP contribution is 2.43. The lowest BCUT2D eigenvalue weighted by atomic mass is 9.65. The van der Waals surface area contributed by atoms with E-state index in [0.717, 1.165) is 25.1 Å². The maximum absolute atomic E-state index is 13.3. The van der Waals surface area contributed by atoms with Gasteiger partial charge >= 0.3 is 0 Å². The van der Waals surface area contributed by atoms with E-state index < -0.39 is 0 Å². The minimum Gasteiger partial charge on any atom is -0.317 e. The van der Waals surface area contributed by atoms with Crippen LogP contribution in [0.25, 0.3) is 0 Å². The fourth-order valence-electron chi connectivity index (χ4n) is 3.60. The molecule has 0 saturated heterocycles. The van der Waals surface area contributed by atoms with Gasteiger partial charge in [0.25, 0.3) is 0 Å². The first kappa shape index (κ1) is 16.8. The van der Waals surface area contributed by atoms with Crippen LogP contribution >= 0.6 is 11.6 Å². The number of halogens is 2. The molecule has 0 aromatic heterocycles. The van der Waals surface area contributed by atoms with Crippen molar-refractivity contribution < 1.29 is 4.39 Å². The van der Waals surface area contributed by atoms with Gasteiger partial charge in [0.15, 0.2) is 0 Å². The molecule has 1 nitrogen and oxygen atoms in total. The van der Waals surface area contributed by atoms with E-state index in [2.05, 4.69) is 26.1 Å². The van der Waals surface area contributed by atoms with Crippen molar-refractivity contribution in [3.8, 4) is 0 Å². The quantitative estimate of drug-likeness (QED) is 0.800. The fourth-order valence-corrected chi connectivity index (χ4v) is 3.80. The van der Waals surface area contributed by atoms with Gasteiger partial charge in [-0.05, 0) is 73.7 Å². The van der Waals surface area contributed by atoms with E-state index in [1.54, 1.807) is 6.07 Å². The van der Waals surface area contributed by atoms with Gasteiger partial charge < -0.3 is 5.32 Å². The number of benzene rings is 1. The summed E-state index contributed by atoms with van der Waals surface area (Å²) in [5, 5.41) is 3.74. The summed E-state index contributed by atoms with van der Waals surface area (Å²) >= 11 is 5.92. The zero-order chi connectivity index (χ0) is 15.5. The Morgan fingerprint density at radius 2 is 2.10 bits per heavy atom. The van der Waals surface area contributed by atoms with E-state index >= 15 is 0 Å². The Balaban J connectivity index is 2.09. The van der Waals surface area contributed by atoms with Gasteiger partial charge in [0, 0.05) is 0 Å². The van der Waals surface area contributed by atoms with Gasteiger partial charge in [0.2, 0.25) is 0 Å². The average molecular weight is 312 g/mol. The predicted molar refractivity (Wildman–Crippen MR) is 88.3 cm³/mol. The first-order valence-corrected chi connectivity index (χ1v) is 8.44. The zero-order valence-corrected chi connectivity index (χ0v) is 14.1. The summed E-state index contributed by atoms with van der Waals surface area (Å²) in [6.45, 7) is 8.99. The maximum atomic E-state index is 13.3. The SMILES string of the molecule is CCNCC1CCC(C)(C)CC1Cc1ccc(F)c(Cl)c1. The molecule has 21 heavy (non-hydrogen) atoms. The van der Waals surface area contributed by atoms with Gasteiger partial charge in [-0.3, -0.25) is 0 Å². The third kappa shape index (κ3) is 4.69. The molecule has 2 unspecified atom stereocenters. The number of nitrogens with one attached hydrogen (secondary N) is 1. The van der Waals surface area contributed by atoms with E-state index in [9.17, 15) is 4.39 Å². The standard InChI is InChI=1S/C18H27ClFN/c1-4-21-12-14-7-8-18(2,3)11-15(14)9-13-5-6-17(20)16(19)10-13/h5-6,10,14-15,21H,4,7-9,11-12H2,1-3H3. The van der Waals surface area contributed by atoms with E-state index in [4.69, 9.17) is 11.6 Å². The smallest absolute Gasteiger partial charge is 0.141 e. The second kappa shape index (κ2) is 7.11. The Morgan fingerprint density at radius 1 is 1.33 bits per heavy atom. The van der Waals surface area contributed by atoms with Crippen LogP contribution in [0.2, 0.25) is 5.02 Å². The highest BCUT2D eigenvalue weighted by atomic mass is 35.5. The van der Waals surface area contributed by atoms with Crippen molar-refractivity contribution in [2.24, 2.45) is 17.3 Å². The molecular formula is C18H27ClFN. The van der Waals surface area contributed by atoms with E-state index in [1.807, 2.05) is 6.07 Å². The van der Waals surface area contributed by atoms with Crippen LogP contribution in [0.3, 0.4) is 0 Å².